The van der Waals surface area contributed by atoms with Gasteiger partial charge in [-0.15, -0.1) is 0 Å². The van der Waals surface area contributed by atoms with Crippen molar-refractivity contribution in [1.29, 1.82) is 0 Å². The van der Waals surface area contributed by atoms with E-state index < -0.39 is 12.2 Å². The molecule has 0 aromatic rings. The van der Waals surface area contributed by atoms with Gasteiger partial charge in [0, 0.05) is 19.6 Å². The normalized spacial score (nSPS) is 21.3. The summed E-state index contributed by atoms with van der Waals surface area (Å²) in [5, 5.41) is 0. The lowest BCUT2D eigenvalue weighted by Gasteiger charge is -2.32. The summed E-state index contributed by atoms with van der Waals surface area (Å²) in [5.41, 5.74) is 10.8. The van der Waals surface area contributed by atoms with Crippen molar-refractivity contribution in [3.05, 3.63) is 0 Å². The molecule has 1 atom stereocenters. The molecular formula is C14H28N2O4. The monoisotopic (exact) mass is 288 g/mol. The van der Waals surface area contributed by atoms with Crippen molar-refractivity contribution in [1.82, 2.24) is 0 Å². The molecule has 20 heavy (non-hydrogen) atoms. The van der Waals surface area contributed by atoms with E-state index in [1.165, 1.54) is 0 Å². The standard InChI is InChI=1S/C8H15NO.C6H13NO3/c1-8(2)4-3-7(10)6(9)5-8;1-3-9-6(5(7)8)10-4-2/h6H,3-5,9H2,1-2H3;6H,3-4H2,1-2H3,(H2,7,8). The fraction of sp³-hybridized carbons (Fsp3) is 0.857. The first-order chi connectivity index (χ1) is 9.23. The first-order valence-corrected chi connectivity index (χ1v) is 7.04. The minimum Gasteiger partial charge on any atom is -0.365 e. The molecule has 0 aromatic heterocycles. The van der Waals surface area contributed by atoms with E-state index in [2.05, 4.69) is 13.8 Å². The lowest BCUT2D eigenvalue weighted by Crippen LogP contribution is -2.40. The Balaban J connectivity index is 0.000000361. The third-order valence-electron chi connectivity index (χ3n) is 3.10. The summed E-state index contributed by atoms with van der Waals surface area (Å²) in [6.45, 7) is 8.73. The van der Waals surface area contributed by atoms with E-state index in [1.54, 1.807) is 13.8 Å². The first-order valence-electron chi connectivity index (χ1n) is 7.04. The number of hydrogen-bond donors (Lipinski definition) is 2. The molecule has 1 aliphatic rings. The lowest BCUT2D eigenvalue weighted by molar-refractivity contribution is -0.166. The van der Waals surface area contributed by atoms with Gasteiger partial charge in [0.25, 0.3) is 5.91 Å². The molecule has 118 valence electrons. The first kappa shape index (κ1) is 19.0. The maximum atomic E-state index is 11.0. The summed E-state index contributed by atoms with van der Waals surface area (Å²) in [6, 6.07) is -0.191. The Hall–Kier alpha value is -0.980. The predicted octanol–water partition coefficient (Wildman–Crippen LogP) is 0.964. The second kappa shape index (κ2) is 9.05. The molecule has 1 aliphatic carbocycles. The predicted molar refractivity (Wildman–Crippen MR) is 76.8 cm³/mol. The molecule has 1 amide bonds. The van der Waals surface area contributed by atoms with E-state index in [4.69, 9.17) is 20.9 Å². The molecule has 0 saturated heterocycles. The second-order valence-electron chi connectivity index (χ2n) is 5.59. The zero-order valence-corrected chi connectivity index (χ0v) is 13.0. The van der Waals surface area contributed by atoms with Crippen LogP contribution in [0.5, 0.6) is 0 Å². The maximum absolute atomic E-state index is 11.0. The molecule has 6 nitrogen and oxygen atoms in total. The number of Topliss-reactive ketones (excluding diaryl/α,β-unsaturated/α-hetero) is 1. The van der Waals surface area contributed by atoms with Gasteiger partial charge in [-0.25, -0.2) is 0 Å². The third kappa shape index (κ3) is 7.57. The Kier molecular flexibility index (Phi) is 8.60. The van der Waals surface area contributed by atoms with Gasteiger partial charge < -0.3 is 20.9 Å². The number of primary amides is 1. The van der Waals surface area contributed by atoms with Crippen LogP contribution in [0.25, 0.3) is 0 Å². The minimum atomic E-state index is -0.880. The van der Waals surface area contributed by atoms with Crippen LogP contribution in [-0.2, 0) is 19.1 Å². The molecule has 6 heteroatoms. The summed E-state index contributed by atoms with van der Waals surface area (Å²) in [6.07, 6.45) is 1.65. The van der Waals surface area contributed by atoms with E-state index in [0.717, 1.165) is 12.8 Å². The van der Waals surface area contributed by atoms with E-state index in [-0.39, 0.29) is 17.2 Å². The topological polar surface area (TPSA) is 105 Å². The highest BCUT2D eigenvalue weighted by Crippen LogP contribution is 2.32. The van der Waals surface area contributed by atoms with Gasteiger partial charge in [0.15, 0.2) is 0 Å². The summed E-state index contributed by atoms with van der Waals surface area (Å²) >= 11 is 0. The number of rotatable bonds is 5. The minimum absolute atomic E-state index is 0.191. The quantitative estimate of drug-likeness (QED) is 0.733. The van der Waals surface area contributed by atoms with Crippen LogP contribution in [-0.4, -0.2) is 37.2 Å². The van der Waals surface area contributed by atoms with Gasteiger partial charge in [-0.3, -0.25) is 9.59 Å². The average molecular weight is 288 g/mol. The van der Waals surface area contributed by atoms with Crippen molar-refractivity contribution in [2.45, 2.75) is 59.3 Å². The highest BCUT2D eigenvalue weighted by atomic mass is 16.7. The Morgan fingerprint density at radius 3 is 2.15 bits per heavy atom. The smallest absolute Gasteiger partial charge is 0.274 e. The molecule has 0 spiro atoms. The van der Waals surface area contributed by atoms with Crippen LogP contribution in [0.1, 0.15) is 47.0 Å². The van der Waals surface area contributed by atoms with E-state index in [0.29, 0.717) is 19.6 Å². The van der Waals surface area contributed by atoms with Gasteiger partial charge in [-0.1, -0.05) is 13.8 Å². The second-order valence-corrected chi connectivity index (χ2v) is 5.59. The third-order valence-corrected chi connectivity index (χ3v) is 3.10. The molecule has 0 heterocycles. The molecule has 1 rings (SSSR count). The van der Waals surface area contributed by atoms with Crippen LogP contribution < -0.4 is 11.5 Å². The zero-order valence-electron chi connectivity index (χ0n) is 13.0. The molecule has 1 unspecified atom stereocenters. The van der Waals surface area contributed by atoms with E-state index >= 15 is 0 Å². The van der Waals surface area contributed by atoms with Gasteiger partial charge in [0.2, 0.25) is 6.29 Å². The van der Waals surface area contributed by atoms with Crippen LogP contribution in [0.2, 0.25) is 0 Å². The van der Waals surface area contributed by atoms with Crippen LogP contribution >= 0.6 is 0 Å². The number of amides is 1. The Morgan fingerprint density at radius 2 is 1.85 bits per heavy atom. The summed E-state index contributed by atoms with van der Waals surface area (Å²) in [5.74, 6) is -0.344. The number of carbonyl (C=O) groups is 2. The van der Waals surface area contributed by atoms with Gasteiger partial charge in [-0.05, 0) is 32.1 Å². The van der Waals surface area contributed by atoms with Gasteiger partial charge in [0.05, 0.1) is 6.04 Å². The number of ketones is 1. The number of nitrogens with two attached hydrogens (primary N) is 2. The van der Waals surface area contributed by atoms with Gasteiger partial charge in [-0.2, -0.15) is 0 Å². The molecule has 0 aromatic carbocycles. The van der Waals surface area contributed by atoms with Crippen molar-refractivity contribution < 1.29 is 19.1 Å². The molecule has 0 radical (unpaired) electrons. The van der Waals surface area contributed by atoms with Crippen LogP contribution in [0.4, 0.5) is 0 Å². The van der Waals surface area contributed by atoms with Crippen molar-refractivity contribution in [2.75, 3.05) is 13.2 Å². The molecular weight excluding hydrogens is 260 g/mol. The molecule has 1 fully saturated rings. The van der Waals surface area contributed by atoms with E-state index in [1.807, 2.05) is 0 Å². The van der Waals surface area contributed by atoms with Gasteiger partial charge in [0.1, 0.15) is 5.78 Å². The molecule has 0 bridgehead atoms. The number of hydrogen-bond acceptors (Lipinski definition) is 5. The van der Waals surface area contributed by atoms with Crippen molar-refractivity contribution in [3.63, 3.8) is 0 Å². The SMILES string of the molecule is CC1(C)CCC(=O)C(N)C1.CCOC(OCC)C(N)=O. The average Bonchev–Trinajstić information content (AvgIpc) is 2.34. The van der Waals surface area contributed by atoms with Crippen molar-refractivity contribution in [2.24, 2.45) is 16.9 Å². The molecule has 1 saturated carbocycles. The molecule has 0 aliphatic heterocycles. The lowest BCUT2D eigenvalue weighted by atomic mass is 9.75. The van der Waals surface area contributed by atoms with Crippen molar-refractivity contribution >= 4 is 11.7 Å². The fourth-order valence-corrected chi connectivity index (χ4v) is 1.97. The van der Waals surface area contributed by atoms with Crippen LogP contribution in [0.15, 0.2) is 0 Å². The van der Waals surface area contributed by atoms with Crippen molar-refractivity contribution in [3.8, 4) is 0 Å². The Bertz CT molecular complexity index is 312. The van der Waals surface area contributed by atoms with Crippen LogP contribution in [0, 0.1) is 5.41 Å². The highest BCUT2D eigenvalue weighted by Gasteiger charge is 2.30. The van der Waals surface area contributed by atoms with Crippen LogP contribution in [0.3, 0.4) is 0 Å². The largest absolute Gasteiger partial charge is 0.365 e. The fourth-order valence-electron chi connectivity index (χ4n) is 1.97. The van der Waals surface area contributed by atoms with E-state index in [9.17, 15) is 9.59 Å². The summed E-state index contributed by atoms with van der Waals surface area (Å²) in [4.78, 5) is 21.4. The van der Waals surface area contributed by atoms with Gasteiger partial charge >= 0.3 is 0 Å². The Morgan fingerprint density at radius 1 is 1.35 bits per heavy atom. The molecule has 4 N–H and O–H groups in total. The number of carbonyl (C=O) groups excluding carboxylic acids is 2. The number of ether oxygens (including phenoxy) is 2. The maximum Gasteiger partial charge on any atom is 0.274 e. The highest BCUT2D eigenvalue weighted by molar-refractivity contribution is 5.84. The zero-order chi connectivity index (χ0) is 15.8. The summed E-state index contributed by atoms with van der Waals surface area (Å²) in [7, 11) is 0. The Labute approximate surface area is 121 Å². The summed E-state index contributed by atoms with van der Waals surface area (Å²) < 4.78 is 9.69.